The van der Waals surface area contributed by atoms with Crippen molar-refractivity contribution in [3.63, 3.8) is 0 Å². The molecule has 1 heterocycles. The summed E-state index contributed by atoms with van der Waals surface area (Å²) in [7, 11) is 0. The van der Waals surface area contributed by atoms with Crippen LogP contribution in [-0.2, 0) is 9.59 Å². The number of amides is 1. The highest BCUT2D eigenvalue weighted by atomic mass is 16.4. The summed E-state index contributed by atoms with van der Waals surface area (Å²) in [5.74, 6) is -1.76. The van der Waals surface area contributed by atoms with E-state index in [0.717, 1.165) is 6.42 Å². The number of nitrogens with zero attached hydrogens (tertiary/aromatic N) is 1. The fourth-order valence-electron chi connectivity index (χ4n) is 3.16. The molecule has 0 aromatic carbocycles. The van der Waals surface area contributed by atoms with Gasteiger partial charge in [-0.1, -0.05) is 18.2 Å². The van der Waals surface area contributed by atoms with E-state index in [-0.39, 0.29) is 17.7 Å². The van der Waals surface area contributed by atoms with E-state index in [0.29, 0.717) is 5.82 Å². The summed E-state index contributed by atoms with van der Waals surface area (Å²) in [6.07, 6.45) is 6.24. The Labute approximate surface area is 110 Å². The number of pyridine rings is 1. The van der Waals surface area contributed by atoms with E-state index >= 15 is 0 Å². The van der Waals surface area contributed by atoms with Crippen molar-refractivity contribution in [3.8, 4) is 0 Å². The summed E-state index contributed by atoms with van der Waals surface area (Å²) >= 11 is 0. The van der Waals surface area contributed by atoms with Crippen molar-refractivity contribution in [3.05, 3.63) is 36.5 Å². The Balaban J connectivity index is 1.79. The summed E-state index contributed by atoms with van der Waals surface area (Å²) < 4.78 is 0. The highest BCUT2D eigenvalue weighted by Crippen LogP contribution is 2.48. The largest absolute Gasteiger partial charge is 0.481 e. The summed E-state index contributed by atoms with van der Waals surface area (Å²) in [4.78, 5) is 27.6. The maximum absolute atomic E-state index is 12.3. The smallest absolute Gasteiger partial charge is 0.307 e. The van der Waals surface area contributed by atoms with Crippen LogP contribution in [-0.4, -0.2) is 22.0 Å². The van der Waals surface area contributed by atoms with Crippen LogP contribution in [0.5, 0.6) is 0 Å². The molecule has 2 aliphatic carbocycles. The Morgan fingerprint density at radius 3 is 2.58 bits per heavy atom. The van der Waals surface area contributed by atoms with Crippen molar-refractivity contribution in [1.29, 1.82) is 0 Å². The molecular weight excluding hydrogens is 244 g/mol. The minimum absolute atomic E-state index is 0.0121. The summed E-state index contributed by atoms with van der Waals surface area (Å²) in [5.41, 5.74) is 0. The van der Waals surface area contributed by atoms with Crippen LogP contribution in [0.4, 0.5) is 5.82 Å². The van der Waals surface area contributed by atoms with Crippen LogP contribution in [0, 0.1) is 23.7 Å². The number of aromatic nitrogens is 1. The molecule has 0 saturated heterocycles. The first-order chi connectivity index (χ1) is 9.16. The monoisotopic (exact) mass is 258 g/mol. The number of aliphatic carboxylic acids is 1. The van der Waals surface area contributed by atoms with Crippen molar-refractivity contribution in [1.82, 2.24) is 4.98 Å². The lowest BCUT2D eigenvalue weighted by Gasteiger charge is -2.23. The standard InChI is InChI=1S/C14H14N2O3/c17-13(16-10-3-1-2-6-15-10)11-8-4-5-9(7-8)12(11)14(18)19/h1-6,8-9,11-12H,7H2,(H,18,19)(H,15,16,17)/t8-,9+,11+,12+/m0/s1. The van der Waals surface area contributed by atoms with Gasteiger partial charge in [0.15, 0.2) is 0 Å². The first-order valence-electron chi connectivity index (χ1n) is 6.30. The normalized spacial score (nSPS) is 31.4. The van der Waals surface area contributed by atoms with Crippen LogP contribution >= 0.6 is 0 Å². The molecule has 19 heavy (non-hydrogen) atoms. The molecule has 5 nitrogen and oxygen atoms in total. The lowest BCUT2D eigenvalue weighted by Crippen LogP contribution is -2.36. The number of hydrogen-bond donors (Lipinski definition) is 2. The van der Waals surface area contributed by atoms with Gasteiger partial charge in [-0.3, -0.25) is 9.59 Å². The third kappa shape index (κ3) is 2.01. The lowest BCUT2D eigenvalue weighted by molar-refractivity contribution is -0.146. The maximum Gasteiger partial charge on any atom is 0.307 e. The van der Waals surface area contributed by atoms with Gasteiger partial charge in [0.2, 0.25) is 5.91 Å². The second-order valence-electron chi connectivity index (χ2n) is 5.04. The molecule has 2 bridgehead atoms. The predicted octanol–water partition coefficient (Wildman–Crippen LogP) is 1.54. The Morgan fingerprint density at radius 1 is 1.21 bits per heavy atom. The Morgan fingerprint density at radius 2 is 1.95 bits per heavy atom. The molecule has 98 valence electrons. The number of carboxylic acids is 1. The van der Waals surface area contributed by atoms with Gasteiger partial charge >= 0.3 is 5.97 Å². The number of nitrogens with one attached hydrogen (secondary N) is 1. The van der Waals surface area contributed by atoms with Crippen molar-refractivity contribution < 1.29 is 14.7 Å². The molecule has 3 rings (SSSR count). The number of carbonyl (C=O) groups excluding carboxylic acids is 1. The molecule has 1 amide bonds. The van der Waals surface area contributed by atoms with E-state index in [1.54, 1.807) is 24.4 Å². The maximum atomic E-state index is 12.3. The quantitative estimate of drug-likeness (QED) is 0.806. The Hall–Kier alpha value is -2.17. The topological polar surface area (TPSA) is 79.3 Å². The van der Waals surface area contributed by atoms with E-state index in [4.69, 9.17) is 0 Å². The molecule has 1 aromatic heterocycles. The Bertz CT molecular complexity index is 541. The van der Waals surface area contributed by atoms with Crippen LogP contribution in [0.25, 0.3) is 0 Å². The summed E-state index contributed by atoms with van der Waals surface area (Å²) in [6, 6.07) is 5.23. The van der Waals surface area contributed by atoms with Gasteiger partial charge in [-0.05, 0) is 30.4 Å². The predicted molar refractivity (Wildman–Crippen MR) is 68.2 cm³/mol. The zero-order chi connectivity index (χ0) is 13.4. The van der Waals surface area contributed by atoms with Gasteiger partial charge in [-0.25, -0.2) is 4.98 Å². The first-order valence-corrected chi connectivity index (χ1v) is 6.30. The van der Waals surface area contributed by atoms with Gasteiger partial charge < -0.3 is 10.4 Å². The fraction of sp³-hybridized carbons (Fsp3) is 0.357. The second-order valence-corrected chi connectivity index (χ2v) is 5.04. The average molecular weight is 258 g/mol. The molecule has 2 aliphatic rings. The zero-order valence-corrected chi connectivity index (χ0v) is 10.2. The van der Waals surface area contributed by atoms with Crippen LogP contribution in [0.1, 0.15) is 6.42 Å². The molecule has 0 aliphatic heterocycles. The number of rotatable bonds is 3. The van der Waals surface area contributed by atoms with Crippen LogP contribution < -0.4 is 5.32 Å². The van der Waals surface area contributed by atoms with Gasteiger partial charge in [0.05, 0.1) is 11.8 Å². The van der Waals surface area contributed by atoms with E-state index < -0.39 is 17.8 Å². The fourth-order valence-corrected chi connectivity index (χ4v) is 3.16. The SMILES string of the molecule is O=C(O)[C@H]1[C@H](C(=O)Nc2ccccn2)[C@H]2C=C[C@@H]1C2. The van der Waals surface area contributed by atoms with Crippen molar-refractivity contribution in [2.45, 2.75) is 6.42 Å². The average Bonchev–Trinajstić information content (AvgIpc) is 2.99. The highest BCUT2D eigenvalue weighted by molar-refractivity contribution is 5.95. The van der Waals surface area contributed by atoms with E-state index in [2.05, 4.69) is 10.3 Å². The van der Waals surface area contributed by atoms with Gasteiger partial charge in [-0.15, -0.1) is 0 Å². The molecule has 1 fully saturated rings. The van der Waals surface area contributed by atoms with E-state index in [9.17, 15) is 14.7 Å². The zero-order valence-electron chi connectivity index (χ0n) is 10.2. The number of carbonyl (C=O) groups is 2. The highest BCUT2D eigenvalue weighted by Gasteiger charge is 2.51. The second kappa shape index (κ2) is 4.50. The van der Waals surface area contributed by atoms with Crippen LogP contribution in [0.15, 0.2) is 36.5 Å². The molecule has 4 atom stereocenters. The van der Waals surface area contributed by atoms with Gasteiger partial charge in [-0.2, -0.15) is 0 Å². The lowest BCUT2D eigenvalue weighted by atomic mass is 9.82. The summed E-state index contributed by atoms with van der Waals surface area (Å²) in [5, 5.41) is 12.0. The number of allylic oxidation sites excluding steroid dienone is 2. The number of fused-ring (bicyclic) bond motifs is 2. The third-order valence-electron chi connectivity index (χ3n) is 3.96. The number of carboxylic acid groups (broad SMARTS) is 1. The summed E-state index contributed by atoms with van der Waals surface area (Å²) in [6.45, 7) is 0. The van der Waals surface area contributed by atoms with E-state index in [1.165, 1.54) is 0 Å². The third-order valence-corrected chi connectivity index (χ3v) is 3.96. The number of hydrogen-bond acceptors (Lipinski definition) is 3. The van der Waals surface area contributed by atoms with Gasteiger partial charge in [0, 0.05) is 6.20 Å². The molecule has 1 saturated carbocycles. The molecule has 0 unspecified atom stereocenters. The molecular formula is C14H14N2O3. The van der Waals surface area contributed by atoms with Crippen molar-refractivity contribution in [2.75, 3.05) is 5.32 Å². The molecule has 2 N–H and O–H groups in total. The van der Waals surface area contributed by atoms with E-state index in [1.807, 2.05) is 12.2 Å². The van der Waals surface area contributed by atoms with Crippen molar-refractivity contribution >= 4 is 17.7 Å². The van der Waals surface area contributed by atoms with Crippen molar-refractivity contribution in [2.24, 2.45) is 23.7 Å². The van der Waals surface area contributed by atoms with Crippen LogP contribution in [0.3, 0.4) is 0 Å². The molecule has 0 radical (unpaired) electrons. The molecule has 5 heteroatoms. The minimum atomic E-state index is -0.891. The number of anilines is 1. The minimum Gasteiger partial charge on any atom is -0.481 e. The Kier molecular flexibility index (Phi) is 2.81. The van der Waals surface area contributed by atoms with Gasteiger partial charge in [0.25, 0.3) is 0 Å². The molecule has 0 spiro atoms. The molecule has 1 aromatic rings. The van der Waals surface area contributed by atoms with Crippen LogP contribution in [0.2, 0.25) is 0 Å². The van der Waals surface area contributed by atoms with Gasteiger partial charge in [0.1, 0.15) is 5.82 Å². The first kappa shape index (κ1) is 11.9.